The van der Waals surface area contributed by atoms with Crippen LogP contribution in [0.2, 0.25) is 0 Å². The third-order valence-corrected chi connectivity index (χ3v) is 8.64. The first-order valence-corrected chi connectivity index (χ1v) is 12.3. The normalized spacial score (nSPS) is 19.3. The van der Waals surface area contributed by atoms with Crippen LogP contribution in [0.4, 0.5) is 0 Å². The molecular weight excluding hydrogens is 412 g/mol. The van der Waals surface area contributed by atoms with Crippen molar-refractivity contribution < 1.29 is 13.2 Å². The Kier molecular flexibility index (Phi) is 5.78. The average Bonchev–Trinajstić information content (AvgIpc) is 3.36. The van der Waals surface area contributed by atoms with Crippen molar-refractivity contribution in [3.05, 3.63) is 27.9 Å². The molecule has 0 saturated carbocycles. The van der Waals surface area contributed by atoms with Gasteiger partial charge < -0.3 is 9.80 Å². The number of sulfonamides is 1. The molecule has 0 atom stereocenters. The quantitative estimate of drug-likeness (QED) is 0.696. The van der Waals surface area contributed by atoms with E-state index in [-0.39, 0.29) is 22.2 Å². The molecule has 29 heavy (non-hydrogen) atoms. The molecule has 0 unspecified atom stereocenters. The van der Waals surface area contributed by atoms with E-state index in [1.807, 2.05) is 0 Å². The first-order valence-electron chi connectivity index (χ1n) is 10.0. The molecule has 1 aromatic carbocycles. The molecule has 1 amide bonds. The summed E-state index contributed by atoms with van der Waals surface area (Å²) < 4.78 is 29.6. The van der Waals surface area contributed by atoms with Crippen molar-refractivity contribution in [1.29, 1.82) is 0 Å². The van der Waals surface area contributed by atoms with Crippen LogP contribution in [0.5, 0.6) is 0 Å². The van der Waals surface area contributed by atoms with E-state index < -0.39 is 10.0 Å². The van der Waals surface area contributed by atoms with Gasteiger partial charge in [0.2, 0.25) is 15.9 Å². The van der Waals surface area contributed by atoms with Gasteiger partial charge in [-0.1, -0.05) is 18.3 Å². The van der Waals surface area contributed by atoms with Gasteiger partial charge in [0.15, 0.2) is 0 Å². The number of hydrogen-bond acceptors (Lipinski definition) is 6. The van der Waals surface area contributed by atoms with Crippen molar-refractivity contribution in [2.24, 2.45) is 0 Å². The van der Waals surface area contributed by atoms with Crippen LogP contribution < -0.4 is 4.87 Å². The molecule has 8 nitrogen and oxygen atoms in total. The lowest BCUT2D eigenvalue weighted by molar-refractivity contribution is -0.130. The van der Waals surface area contributed by atoms with E-state index in [2.05, 4.69) is 11.8 Å². The monoisotopic (exact) mass is 438 g/mol. The highest BCUT2D eigenvalue weighted by Gasteiger charge is 2.29. The fraction of sp³-hybridized carbons (Fsp3) is 0.579. The standard InChI is InChI=1S/C19H26N4O4S2/c1-2-20-9-11-22(12-10-20)29(26,27)15-5-6-16-17(13-15)28-19(25)23(16)14-18(24)21-7-3-4-8-21/h5-6,13H,2-4,7-12,14H2,1H3. The number of nitrogens with zero attached hydrogens (tertiary/aromatic N) is 4. The molecule has 2 aliphatic heterocycles. The van der Waals surface area contributed by atoms with Crippen molar-refractivity contribution in [1.82, 2.24) is 18.7 Å². The second-order valence-corrected chi connectivity index (χ2v) is 10.4. The fourth-order valence-electron chi connectivity index (χ4n) is 3.99. The minimum atomic E-state index is -3.60. The molecule has 0 bridgehead atoms. The lowest BCUT2D eigenvalue weighted by atomic mass is 10.3. The highest BCUT2D eigenvalue weighted by molar-refractivity contribution is 7.89. The maximum atomic E-state index is 13.0. The number of piperazine rings is 1. The average molecular weight is 439 g/mol. The number of amides is 1. The minimum absolute atomic E-state index is 0.00388. The summed E-state index contributed by atoms with van der Waals surface area (Å²) in [6.45, 7) is 6.85. The van der Waals surface area contributed by atoms with Crippen molar-refractivity contribution in [2.75, 3.05) is 45.8 Å². The van der Waals surface area contributed by atoms with Crippen molar-refractivity contribution in [3.8, 4) is 0 Å². The molecule has 4 rings (SSSR count). The Morgan fingerprint density at radius 2 is 1.76 bits per heavy atom. The Hall–Kier alpha value is -1.75. The van der Waals surface area contributed by atoms with Gasteiger partial charge >= 0.3 is 4.87 Å². The molecule has 10 heteroatoms. The van der Waals surface area contributed by atoms with Crippen LogP contribution in [0, 0.1) is 0 Å². The van der Waals surface area contributed by atoms with Crippen LogP contribution >= 0.6 is 11.3 Å². The SMILES string of the molecule is CCN1CCN(S(=O)(=O)c2ccc3c(c2)sc(=O)n3CC(=O)N2CCCC2)CC1. The van der Waals surface area contributed by atoms with Crippen molar-refractivity contribution in [3.63, 3.8) is 0 Å². The largest absolute Gasteiger partial charge is 0.341 e. The van der Waals surface area contributed by atoms with Gasteiger partial charge in [-0.05, 0) is 37.6 Å². The van der Waals surface area contributed by atoms with Crippen LogP contribution in [0.25, 0.3) is 10.2 Å². The van der Waals surface area contributed by atoms with Crippen LogP contribution in [-0.2, 0) is 21.4 Å². The van der Waals surface area contributed by atoms with E-state index in [4.69, 9.17) is 0 Å². The molecule has 2 fully saturated rings. The number of aromatic nitrogens is 1. The van der Waals surface area contributed by atoms with Crippen LogP contribution in [0.1, 0.15) is 19.8 Å². The predicted octanol–water partition coefficient (Wildman–Crippen LogP) is 1.01. The number of likely N-dealkylation sites (N-methyl/N-ethyl adjacent to an activating group) is 1. The summed E-state index contributed by atoms with van der Waals surface area (Å²) in [6.07, 6.45) is 2.00. The molecule has 2 aromatic rings. The van der Waals surface area contributed by atoms with E-state index in [0.29, 0.717) is 23.3 Å². The Bertz CT molecular complexity index is 1060. The number of likely N-dealkylation sites (tertiary alicyclic amines) is 1. The van der Waals surface area contributed by atoms with Gasteiger partial charge in [-0.3, -0.25) is 14.2 Å². The van der Waals surface area contributed by atoms with Gasteiger partial charge in [0.05, 0.1) is 15.1 Å². The maximum absolute atomic E-state index is 13.0. The Morgan fingerprint density at radius 3 is 2.41 bits per heavy atom. The Morgan fingerprint density at radius 1 is 1.07 bits per heavy atom. The van der Waals surface area contributed by atoms with Crippen molar-refractivity contribution >= 4 is 37.5 Å². The summed E-state index contributed by atoms with van der Waals surface area (Å²) in [6, 6.07) is 4.77. The summed E-state index contributed by atoms with van der Waals surface area (Å²) in [7, 11) is -3.60. The molecule has 0 aliphatic carbocycles. The van der Waals surface area contributed by atoms with Gasteiger partial charge in [-0.2, -0.15) is 4.31 Å². The number of carbonyl (C=O) groups excluding carboxylic acids is 1. The zero-order valence-corrected chi connectivity index (χ0v) is 18.2. The van der Waals surface area contributed by atoms with Crippen molar-refractivity contribution in [2.45, 2.75) is 31.2 Å². The first-order chi connectivity index (χ1) is 13.9. The van der Waals surface area contributed by atoms with Crippen LogP contribution in [0.15, 0.2) is 27.9 Å². The van der Waals surface area contributed by atoms with E-state index in [9.17, 15) is 18.0 Å². The third-order valence-electron chi connectivity index (χ3n) is 5.81. The molecule has 0 radical (unpaired) electrons. The number of hydrogen-bond donors (Lipinski definition) is 0. The third kappa shape index (κ3) is 3.98. The Labute approximate surface area is 174 Å². The van der Waals surface area contributed by atoms with E-state index in [1.165, 1.54) is 8.87 Å². The Balaban J connectivity index is 1.58. The summed E-state index contributed by atoms with van der Waals surface area (Å²) >= 11 is 0.990. The molecule has 3 heterocycles. The number of benzene rings is 1. The molecule has 0 N–H and O–H groups in total. The number of rotatable bonds is 5. The smallest absolute Gasteiger partial charge is 0.308 e. The highest BCUT2D eigenvalue weighted by atomic mass is 32.2. The van der Waals surface area contributed by atoms with Gasteiger partial charge in [0.1, 0.15) is 6.54 Å². The topological polar surface area (TPSA) is 82.9 Å². The molecule has 2 aliphatic rings. The zero-order chi connectivity index (χ0) is 20.6. The lowest BCUT2D eigenvalue weighted by Crippen LogP contribution is -2.48. The summed E-state index contributed by atoms with van der Waals surface area (Å²) in [5, 5.41) is 0. The molecular formula is C19H26N4O4S2. The van der Waals surface area contributed by atoms with E-state index in [0.717, 1.165) is 56.9 Å². The van der Waals surface area contributed by atoms with E-state index >= 15 is 0 Å². The number of fused-ring (bicyclic) bond motifs is 1. The first kappa shape index (κ1) is 20.5. The fourth-order valence-corrected chi connectivity index (χ4v) is 6.45. The molecule has 1 aromatic heterocycles. The summed E-state index contributed by atoms with van der Waals surface area (Å²) in [5.74, 6) is -0.0604. The lowest BCUT2D eigenvalue weighted by Gasteiger charge is -2.33. The second-order valence-electron chi connectivity index (χ2n) is 7.51. The second kappa shape index (κ2) is 8.17. The van der Waals surface area contributed by atoms with E-state index in [1.54, 1.807) is 23.1 Å². The number of thiazole rings is 1. The molecule has 158 valence electrons. The highest BCUT2D eigenvalue weighted by Crippen LogP contribution is 2.25. The summed E-state index contributed by atoms with van der Waals surface area (Å²) in [4.78, 5) is 28.9. The molecule has 2 saturated heterocycles. The summed E-state index contributed by atoms with van der Waals surface area (Å²) in [5.41, 5.74) is 0.613. The predicted molar refractivity (Wildman–Crippen MR) is 113 cm³/mol. The van der Waals surface area contributed by atoms with Gasteiger partial charge in [-0.25, -0.2) is 8.42 Å². The molecule has 0 spiro atoms. The number of carbonyl (C=O) groups is 1. The zero-order valence-electron chi connectivity index (χ0n) is 16.5. The maximum Gasteiger partial charge on any atom is 0.308 e. The van der Waals surface area contributed by atoms with Crippen LogP contribution in [-0.4, -0.2) is 78.8 Å². The van der Waals surface area contributed by atoms with Gasteiger partial charge in [0, 0.05) is 39.3 Å². The minimum Gasteiger partial charge on any atom is -0.341 e. The van der Waals surface area contributed by atoms with Gasteiger partial charge in [0.25, 0.3) is 0 Å². The van der Waals surface area contributed by atoms with Gasteiger partial charge in [-0.15, -0.1) is 0 Å². The van der Waals surface area contributed by atoms with Crippen LogP contribution in [0.3, 0.4) is 0 Å².